The van der Waals surface area contributed by atoms with E-state index in [2.05, 4.69) is 4.90 Å². The number of rotatable bonds is 1. The molecule has 1 amide bonds. The molecule has 3 aliphatic heterocycles. The number of ketones is 1. The van der Waals surface area contributed by atoms with Crippen LogP contribution < -0.4 is 0 Å². The predicted molar refractivity (Wildman–Crippen MR) is 90.2 cm³/mol. The van der Waals surface area contributed by atoms with E-state index in [0.717, 1.165) is 32.6 Å². The molecule has 0 radical (unpaired) electrons. The van der Waals surface area contributed by atoms with E-state index in [9.17, 15) is 9.59 Å². The Labute approximate surface area is 142 Å². The quantitative estimate of drug-likeness (QED) is 0.789. The van der Waals surface area contributed by atoms with E-state index in [1.165, 1.54) is 0 Å². The maximum absolute atomic E-state index is 13.3. The monoisotopic (exact) mass is 328 g/mol. The molecular formula is C19H24N2O3. The number of likely N-dealkylation sites (N-methyl/N-ethyl adjacent to an activating group) is 1. The molecule has 0 aliphatic carbocycles. The molecule has 5 heteroatoms. The molecule has 1 aromatic rings. The van der Waals surface area contributed by atoms with Crippen LogP contribution in [0.4, 0.5) is 0 Å². The molecule has 2 saturated heterocycles. The minimum absolute atomic E-state index is 0.0403. The summed E-state index contributed by atoms with van der Waals surface area (Å²) in [6.07, 6.45) is 2.01. The van der Waals surface area contributed by atoms with Crippen molar-refractivity contribution in [2.45, 2.75) is 31.8 Å². The van der Waals surface area contributed by atoms with E-state index in [0.29, 0.717) is 23.7 Å². The van der Waals surface area contributed by atoms with Crippen molar-refractivity contribution in [3.05, 3.63) is 35.4 Å². The summed E-state index contributed by atoms with van der Waals surface area (Å²) in [5.41, 5.74) is 0.571. The third-order valence-electron chi connectivity index (χ3n) is 6.09. The summed E-state index contributed by atoms with van der Waals surface area (Å²) in [5.74, 6) is 0.0665. The van der Waals surface area contributed by atoms with E-state index in [1.54, 1.807) is 17.0 Å². The lowest BCUT2D eigenvalue weighted by Crippen LogP contribution is -2.48. The fourth-order valence-electron chi connectivity index (χ4n) is 4.62. The smallest absolute Gasteiger partial charge is 0.254 e. The third-order valence-corrected chi connectivity index (χ3v) is 6.09. The van der Waals surface area contributed by atoms with Crippen LogP contribution >= 0.6 is 0 Å². The topological polar surface area (TPSA) is 49.9 Å². The molecule has 5 nitrogen and oxygen atoms in total. The molecule has 0 N–H and O–H groups in total. The number of nitrogens with zero attached hydrogens (tertiary/aromatic N) is 2. The van der Waals surface area contributed by atoms with Crippen molar-refractivity contribution in [1.82, 2.24) is 9.80 Å². The first-order valence-corrected chi connectivity index (χ1v) is 8.75. The summed E-state index contributed by atoms with van der Waals surface area (Å²) in [6, 6.07) is 7.62. The van der Waals surface area contributed by atoms with Crippen LogP contribution in [0.15, 0.2) is 24.3 Å². The molecule has 1 aromatic carbocycles. The molecule has 0 unspecified atom stereocenters. The molecular weight excluding hydrogens is 304 g/mol. The second-order valence-electron chi connectivity index (χ2n) is 7.50. The average Bonchev–Trinajstić information content (AvgIpc) is 2.97. The van der Waals surface area contributed by atoms with Crippen LogP contribution in [0.1, 0.15) is 40.5 Å². The molecule has 3 heterocycles. The molecule has 0 spiro atoms. The van der Waals surface area contributed by atoms with Crippen LogP contribution in [0.2, 0.25) is 0 Å². The number of carbonyl (C=O) groups excluding carboxylic acids is 2. The number of Topliss-reactive ketones (excluding diaryl/α,β-unsaturated/α-hetero) is 1. The van der Waals surface area contributed by atoms with Gasteiger partial charge in [-0.25, -0.2) is 0 Å². The van der Waals surface area contributed by atoms with Crippen LogP contribution in [0.5, 0.6) is 0 Å². The first-order valence-electron chi connectivity index (χ1n) is 8.75. The fraction of sp³-hybridized carbons (Fsp3) is 0.579. The lowest BCUT2D eigenvalue weighted by Gasteiger charge is -2.32. The normalized spacial score (nSPS) is 31.8. The third kappa shape index (κ3) is 2.22. The van der Waals surface area contributed by atoms with Crippen LogP contribution in [-0.2, 0) is 4.74 Å². The van der Waals surface area contributed by atoms with Crippen molar-refractivity contribution in [2.75, 3.05) is 33.4 Å². The first kappa shape index (κ1) is 15.8. The average molecular weight is 328 g/mol. The van der Waals surface area contributed by atoms with Crippen molar-refractivity contribution in [3.8, 4) is 0 Å². The Morgan fingerprint density at radius 1 is 1.12 bits per heavy atom. The van der Waals surface area contributed by atoms with E-state index in [1.807, 2.05) is 26.1 Å². The number of benzene rings is 1. The summed E-state index contributed by atoms with van der Waals surface area (Å²) in [6.45, 7) is 5.09. The number of carbonyl (C=O) groups is 2. The van der Waals surface area contributed by atoms with Gasteiger partial charge in [0.15, 0.2) is 5.78 Å². The summed E-state index contributed by atoms with van der Waals surface area (Å²) in [4.78, 5) is 30.4. The number of hydrogen-bond donors (Lipinski definition) is 0. The van der Waals surface area contributed by atoms with Gasteiger partial charge in [-0.15, -0.1) is 0 Å². The molecule has 0 saturated carbocycles. The van der Waals surface area contributed by atoms with Gasteiger partial charge in [-0.2, -0.15) is 0 Å². The molecule has 2 fully saturated rings. The van der Waals surface area contributed by atoms with Crippen molar-refractivity contribution in [2.24, 2.45) is 5.41 Å². The van der Waals surface area contributed by atoms with Crippen molar-refractivity contribution in [1.29, 1.82) is 0 Å². The standard InChI is InChI=1S/C19H24N2O3/c1-19-12-21(13-7-9-24-10-8-13)11-16(19)20(2)18(23)15-6-4-3-5-14(15)17(19)22/h3-6,13,16H,7-12H2,1-2H3/t16-,19+/m1/s1. The Hall–Kier alpha value is -1.72. The minimum atomic E-state index is -0.546. The van der Waals surface area contributed by atoms with Gasteiger partial charge in [-0.05, 0) is 25.8 Å². The SMILES string of the molecule is CN1C(=O)c2ccccc2C(=O)[C@@]2(C)CN(C3CCOCC3)C[C@@H]12. The summed E-state index contributed by atoms with van der Waals surface area (Å²) < 4.78 is 5.47. The Kier molecular flexibility index (Phi) is 3.73. The van der Waals surface area contributed by atoms with Gasteiger partial charge in [0, 0.05) is 45.0 Å². The lowest BCUT2D eigenvalue weighted by atomic mass is 9.78. The highest BCUT2D eigenvalue weighted by molar-refractivity contribution is 6.12. The number of hydrogen-bond acceptors (Lipinski definition) is 4. The Morgan fingerprint density at radius 2 is 1.79 bits per heavy atom. The second kappa shape index (κ2) is 5.67. The Morgan fingerprint density at radius 3 is 2.50 bits per heavy atom. The number of amides is 1. The highest BCUT2D eigenvalue weighted by Gasteiger charge is 2.54. The van der Waals surface area contributed by atoms with Crippen molar-refractivity contribution in [3.63, 3.8) is 0 Å². The number of fused-ring (bicyclic) bond motifs is 2. The van der Waals surface area contributed by atoms with Gasteiger partial charge in [0.05, 0.1) is 17.0 Å². The van der Waals surface area contributed by atoms with Gasteiger partial charge >= 0.3 is 0 Å². The van der Waals surface area contributed by atoms with Crippen LogP contribution in [0, 0.1) is 5.41 Å². The van der Waals surface area contributed by atoms with Crippen LogP contribution in [0.25, 0.3) is 0 Å². The van der Waals surface area contributed by atoms with Gasteiger partial charge in [-0.3, -0.25) is 14.5 Å². The molecule has 24 heavy (non-hydrogen) atoms. The molecule has 2 atom stereocenters. The highest BCUT2D eigenvalue weighted by atomic mass is 16.5. The van der Waals surface area contributed by atoms with Crippen molar-refractivity contribution < 1.29 is 14.3 Å². The van der Waals surface area contributed by atoms with E-state index >= 15 is 0 Å². The molecule has 0 aromatic heterocycles. The van der Waals surface area contributed by atoms with Crippen molar-refractivity contribution >= 4 is 11.7 Å². The largest absolute Gasteiger partial charge is 0.381 e. The van der Waals surface area contributed by atoms with Crippen LogP contribution in [0.3, 0.4) is 0 Å². The Balaban J connectivity index is 1.72. The summed E-state index contributed by atoms with van der Waals surface area (Å²) in [5, 5.41) is 0. The van der Waals surface area contributed by atoms with Gasteiger partial charge in [-0.1, -0.05) is 18.2 Å². The van der Waals surface area contributed by atoms with Gasteiger partial charge in [0.25, 0.3) is 5.91 Å². The van der Waals surface area contributed by atoms with Gasteiger partial charge in [0.1, 0.15) is 0 Å². The summed E-state index contributed by atoms with van der Waals surface area (Å²) in [7, 11) is 1.84. The second-order valence-corrected chi connectivity index (χ2v) is 7.50. The molecule has 3 aliphatic rings. The Bertz CT molecular complexity index is 683. The van der Waals surface area contributed by atoms with E-state index in [-0.39, 0.29) is 17.7 Å². The number of ether oxygens (including phenoxy) is 1. The molecule has 0 bridgehead atoms. The van der Waals surface area contributed by atoms with Gasteiger partial charge in [0.2, 0.25) is 0 Å². The fourth-order valence-corrected chi connectivity index (χ4v) is 4.62. The van der Waals surface area contributed by atoms with E-state index in [4.69, 9.17) is 4.74 Å². The lowest BCUT2D eigenvalue weighted by molar-refractivity contribution is 0.0379. The highest BCUT2D eigenvalue weighted by Crippen LogP contribution is 2.41. The van der Waals surface area contributed by atoms with Gasteiger partial charge < -0.3 is 9.64 Å². The number of likely N-dealkylation sites (tertiary alicyclic amines) is 1. The van der Waals surface area contributed by atoms with E-state index < -0.39 is 5.41 Å². The zero-order valence-corrected chi connectivity index (χ0v) is 14.3. The maximum Gasteiger partial charge on any atom is 0.254 e. The summed E-state index contributed by atoms with van der Waals surface area (Å²) >= 11 is 0. The van der Waals surface area contributed by atoms with Crippen LogP contribution in [-0.4, -0.2) is 66.9 Å². The molecule has 128 valence electrons. The zero-order chi connectivity index (χ0) is 16.9. The minimum Gasteiger partial charge on any atom is -0.381 e. The molecule has 4 rings (SSSR count). The maximum atomic E-state index is 13.3. The first-order chi connectivity index (χ1) is 11.5. The zero-order valence-electron chi connectivity index (χ0n) is 14.3. The predicted octanol–water partition coefficient (Wildman–Crippen LogP) is 1.82.